The van der Waals surface area contributed by atoms with Gasteiger partial charge in [0.2, 0.25) is 5.88 Å². The Labute approximate surface area is 148 Å². The van der Waals surface area contributed by atoms with Crippen LogP contribution in [0.1, 0.15) is 0 Å². The Morgan fingerprint density at radius 3 is 2.36 bits per heavy atom. The minimum absolute atomic E-state index is 0.539. The van der Waals surface area contributed by atoms with Crippen molar-refractivity contribution in [2.75, 3.05) is 58.5 Å². The topological polar surface area (TPSA) is 60.0 Å². The zero-order chi connectivity index (χ0) is 17.5. The van der Waals surface area contributed by atoms with Gasteiger partial charge in [0, 0.05) is 45.9 Å². The maximum atomic E-state index is 5.82. The lowest BCUT2D eigenvalue weighted by Crippen LogP contribution is -2.47. The molecule has 0 spiro atoms. The zero-order valence-corrected chi connectivity index (χ0v) is 14.7. The molecule has 0 saturated carbocycles. The number of anilines is 1. The molecule has 1 aromatic heterocycles. The van der Waals surface area contributed by atoms with Crippen LogP contribution in [0.5, 0.6) is 17.4 Å². The van der Waals surface area contributed by atoms with Crippen molar-refractivity contribution in [2.45, 2.75) is 0 Å². The van der Waals surface area contributed by atoms with Crippen LogP contribution in [0.25, 0.3) is 0 Å². The van der Waals surface area contributed by atoms with Gasteiger partial charge in [-0.1, -0.05) is 0 Å². The quantitative estimate of drug-likeness (QED) is 0.762. The molecule has 0 atom stereocenters. The van der Waals surface area contributed by atoms with Crippen molar-refractivity contribution < 1.29 is 14.2 Å². The molecule has 1 aromatic carbocycles. The average molecular weight is 344 g/mol. The number of benzene rings is 1. The maximum absolute atomic E-state index is 5.82. The number of piperazine rings is 1. The fourth-order valence-corrected chi connectivity index (χ4v) is 2.74. The van der Waals surface area contributed by atoms with E-state index in [1.165, 1.54) is 0 Å². The Hall–Kier alpha value is -2.38. The monoisotopic (exact) mass is 344 g/mol. The van der Waals surface area contributed by atoms with Crippen LogP contribution in [0, 0.1) is 0 Å². The predicted molar refractivity (Wildman–Crippen MR) is 95.6 cm³/mol. The number of aromatic nitrogens is 2. The lowest BCUT2D eigenvalue weighted by Gasteiger charge is -2.35. The van der Waals surface area contributed by atoms with Gasteiger partial charge < -0.3 is 19.1 Å². The van der Waals surface area contributed by atoms with Crippen molar-refractivity contribution in [1.82, 2.24) is 14.9 Å². The third-order valence-corrected chi connectivity index (χ3v) is 4.22. The molecule has 25 heavy (non-hydrogen) atoms. The van der Waals surface area contributed by atoms with E-state index in [1.807, 2.05) is 30.3 Å². The van der Waals surface area contributed by atoms with Crippen molar-refractivity contribution in [1.29, 1.82) is 0 Å². The fraction of sp³-hybridized carbons (Fsp3) is 0.444. The van der Waals surface area contributed by atoms with Crippen LogP contribution in [0.4, 0.5) is 5.82 Å². The molecule has 7 nitrogen and oxygen atoms in total. The largest absolute Gasteiger partial charge is 0.497 e. The number of ether oxygens (including phenoxy) is 3. The van der Waals surface area contributed by atoms with Crippen molar-refractivity contribution in [3.63, 3.8) is 0 Å². The molecule has 1 aliphatic rings. The molecule has 1 fully saturated rings. The van der Waals surface area contributed by atoms with Gasteiger partial charge in [0.05, 0.1) is 13.7 Å². The molecule has 134 valence electrons. The summed E-state index contributed by atoms with van der Waals surface area (Å²) in [4.78, 5) is 13.3. The average Bonchev–Trinajstić information content (AvgIpc) is 2.67. The van der Waals surface area contributed by atoms with Crippen LogP contribution in [0.3, 0.4) is 0 Å². The second-order valence-corrected chi connectivity index (χ2v) is 5.81. The van der Waals surface area contributed by atoms with E-state index in [0.29, 0.717) is 5.88 Å². The number of hydrogen-bond donors (Lipinski definition) is 0. The fourth-order valence-electron chi connectivity index (χ4n) is 2.74. The van der Waals surface area contributed by atoms with Gasteiger partial charge in [-0.15, -0.1) is 0 Å². The second kappa shape index (κ2) is 8.64. The first-order valence-corrected chi connectivity index (χ1v) is 8.38. The summed E-state index contributed by atoms with van der Waals surface area (Å²) in [5.74, 6) is 2.94. The first kappa shape index (κ1) is 17.4. The van der Waals surface area contributed by atoms with E-state index in [2.05, 4.69) is 19.8 Å². The van der Waals surface area contributed by atoms with E-state index in [-0.39, 0.29) is 0 Å². The lowest BCUT2D eigenvalue weighted by molar-refractivity contribution is 0.144. The molecule has 0 unspecified atom stereocenters. The SMILES string of the molecule is COCCN1CCN(c2cc(Oc3ccc(OC)cc3)ncn2)CC1. The van der Waals surface area contributed by atoms with E-state index < -0.39 is 0 Å². The molecular formula is C18H24N4O3. The van der Waals surface area contributed by atoms with E-state index in [0.717, 1.165) is 56.6 Å². The molecule has 0 amide bonds. The summed E-state index contributed by atoms with van der Waals surface area (Å²) in [6.45, 7) is 5.61. The summed E-state index contributed by atoms with van der Waals surface area (Å²) in [5.41, 5.74) is 0. The molecule has 1 saturated heterocycles. The molecule has 7 heteroatoms. The molecule has 2 aromatic rings. The summed E-state index contributed by atoms with van der Waals surface area (Å²) in [7, 11) is 3.38. The smallest absolute Gasteiger partial charge is 0.224 e. The van der Waals surface area contributed by atoms with Crippen LogP contribution in [0.15, 0.2) is 36.7 Å². The van der Waals surface area contributed by atoms with E-state index in [1.54, 1.807) is 20.5 Å². The summed E-state index contributed by atoms with van der Waals surface area (Å²) < 4.78 is 16.1. The summed E-state index contributed by atoms with van der Waals surface area (Å²) in [6.07, 6.45) is 1.55. The molecule has 0 N–H and O–H groups in total. The van der Waals surface area contributed by atoms with Crippen molar-refractivity contribution in [3.8, 4) is 17.4 Å². The van der Waals surface area contributed by atoms with Gasteiger partial charge in [-0.3, -0.25) is 4.90 Å². The molecule has 0 aliphatic carbocycles. The van der Waals surface area contributed by atoms with Gasteiger partial charge in [-0.2, -0.15) is 0 Å². The third kappa shape index (κ3) is 4.80. The minimum Gasteiger partial charge on any atom is -0.497 e. The van der Waals surface area contributed by atoms with E-state index >= 15 is 0 Å². The maximum Gasteiger partial charge on any atom is 0.224 e. The molecule has 0 radical (unpaired) electrons. The number of methoxy groups -OCH3 is 2. The predicted octanol–water partition coefficient (Wildman–Crippen LogP) is 2.05. The minimum atomic E-state index is 0.539. The zero-order valence-electron chi connectivity index (χ0n) is 14.7. The van der Waals surface area contributed by atoms with Crippen LogP contribution in [-0.4, -0.2) is 68.4 Å². The number of hydrogen-bond acceptors (Lipinski definition) is 7. The highest BCUT2D eigenvalue weighted by molar-refractivity contribution is 5.43. The highest BCUT2D eigenvalue weighted by Crippen LogP contribution is 2.24. The van der Waals surface area contributed by atoms with Gasteiger partial charge in [-0.05, 0) is 24.3 Å². The normalized spacial score (nSPS) is 15.2. The molecule has 0 bridgehead atoms. The highest BCUT2D eigenvalue weighted by Gasteiger charge is 2.18. The third-order valence-electron chi connectivity index (χ3n) is 4.22. The van der Waals surface area contributed by atoms with Crippen LogP contribution >= 0.6 is 0 Å². The Kier molecular flexibility index (Phi) is 6.03. The van der Waals surface area contributed by atoms with Gasteiger partial charge in [-0.25, -0.2) is 9.97 Å². The van der Waals surface area contributed by atoms with Crippen molar-refractivity contribution in [2.24, 2.45) is 0 Å². The van der Waals surface area contributed by atoms with E-state index in [4.69, 9.17) is 14.2 Å². The molecule has 1 aliphatic heterocycles. The first-order valence-electron chi connectivity index (χ1n) is 8.38. The van der Waals surface area contributed by atoms with Crippen LogP contribution in [0.2, 0.25) is 0 Å². The van der Waals surface area contributed by atoms with Gasteiger partial charge in [0.25, 0.3) is 0 Å². The van der Waals surface area contributed by atoms with Gasteiger partial charge in [0.1, 0.15) is 23.6 Å². The van der Waals surface area contributed by atoms with Gasteiger partial charge in [0.15, 0.2) is 0 Å². The highest BCUT2D eigenvalue weighted by atomic mass is 16.5. The Balaban J connectivity index is 1.59. The first-order chi connectivity index (χ1) is 12.3. The van der Waals surface area contributed by atoms with Gasteiger partial charge >= 0.3 is 0 Å². The number of rotatable bonds is 7. The lowest BCUT2D eigenvalue weighted by atomic mass is 10.3. The van der Waals surface area contributed by atoms with Crippen LogP contribution < -0.4 is 14.4 Å². The summed E-state index contributed by atoms with van der Waals surface area (Å²) in [5, 5.41) is 0. The van der Waals surface area contributed by atoms with Crippen LogP contribution in [-0.2, 0) is 4.74 Å². The summed E-state index contributed by atoms with van der Waals surface area (Å²) >= 11 is 0. The second-order valence-electron chi connectivity index (χ2n) is 5.81. The molecular weight excluding hydrogens is 320 g/mol. The Morgan fingerprint density at radius 2 is 1.68 bits per heavy atom. The van der Waals surface area contributed by atoms with Crippen molar-refractivity contribution >= 4 is 5.82 Å². The number of nitrogens with zero attached hydrogens (tertiary/aromatic N) is 4. The van der Waals surface area contributed by atoms with Crippen molar-refractivity contribution in [3.05, 3.63) is 36.7 Å². The molecule has 2 heterocycles. The standard InChI is InChI=1S/C18H24N4O3/c1-23-12-11-21-7-9-22(10-8-21)17-13-18(20-14-19-17)25-16-5-3-15(24-2)4-6-16/h3-6,13-14H,7-12H2,1-2H3. The Morgan fingerprint density at radius 1 is 0.960 bits per heavy atom. The Bertz CT molecular complexity index is 658. The molecule has 3 rings (SSSR count). The van der Waals surface area contributed by atoms with E-state index in [9.17, 15) is 0 Å². The summed E-state index contributed by atoms with van der Waals surface area (Å²) in [6, 6.07) is 9.31.